The number of hydrogen-bond acceptors (Lipinski definition) is 17. The number of nitrogens with zero attached hydrogens (tertiary/aromatic N) is 4. The van der Waals surface area contributed by atoms with Crippen LogP contribution in [-0.4, -0.2) is 54.7 Å². The molecule has 0 amide bonds. The number of aromatic nitrogens is 4. The number of anilines is 1. The van der Waals surface area contributed by atoms with Gasteiger partial charge in [0.2, 0.25) is 0 Å². The van der Waals surface area contributed by atoms with E-state index in [0.717, 1.165) is 12.7 Å². The number of phosphoric acid groups is 3. The molecular formula is C10H12CuN5O13P3-4. The van der Waals surface area contributed by atoms with Gasteiger partial charge in [-0.2, -0.15) is 0 Å². The Morgan fingerprint density at radius 1 is 1.06 bits per heavy atom. The Morgan fingerprint density at radius 2 is 1.72 bits per heavy atom. The maximum Gasteiger partial charge on any atom is 0.278 e. The molecule has 0 aliphatic carbocycles. The summed E-state index contributed by atoms with van der Waals surface area (Å²) in [5.74, 6) is 0.0195. The largest absolute Gasteiger partial charge is 0.790 e. The number of rotatable bonds is 8. The quantitative estimate of drug-likeness (QED) is 0.201. The van der Waals surface area contributed by atoms with Crippen molar-refractivity contribution in [2.75, 3.05) is 12.3 Å². The van der Waals surface area contributed by atoms with E-state index >= 15 is 0 Å². The fraction of sp³-hybridized carbons (Fsp3) is 0.500. The molecule has 2 aromatic heterocycles. The molecule has 185 valence electrons. The Labute approximate surface area is 188 Å². The van der Waals surface area contributed by atoms with E-state index in [9.17, 15) is 43.5 Å². The van der Waals surface area contributed by atoms with Crippen LogP contribution in [0.15, 0.2) is 12.7 Å². The van der Waals surface area contributed by atoms with E-state index in [1.54, 1.807) is 0 Å². The minimum absolute atomic E-state index is 0. The smallest absolute Gasteiger partial charge is 0.278 e. The molecule has 0 saturated carbocycles. The maximum atomic E-state index is 11.6. The maximum absolute atomic E-state index is 11.6. The minimum atomic E-state index is -6.14. The second-order valence-electron chi connectivity index (χ2n) is 5.93. The zero-order chi connectivity index (χ0) is 23.2. The zero-order valence-electron chi connectivity index (χ0n) is 15.1. The first-order chi connectivity index (χ1) is 14.2. The molecule has 1 aliphatic heterocycles. The van der Waals surface area contributed by atoms with Crippen LogP contribution in [0.3, 0.4) is 0 Å². The minimum Gasteiger partial charge on any atom is -0.790 e. The third-order valence-electron chi connectivity index (χ3n) is 3.80. The monoisotopic (exact) mass is 566 g/mol. The molecule has 6 atom stereocenters. The van der Waals surface area contributed by atoms with E-state index in [1.807, 2.05) is 0 Å². The van der Waals surface area contributed by atoms with E-state index in [2.05, 4.69) is 28.1 Å². The van der Waals surface area contributed by atoms with E-state index in [0.29, 0.717) is 0 Å². The van der Waals surface area contributed by atoms with Crippen LogP contribution in [0.4, 0.5) is 5.82 Å². The van der Waals surface area contributed by atoms with Crippen LogP contribution in [-0.2, 0) is 48.6 Å². The summed E-state index contributed by atoms with van der Waals surface area (Å²) in [6.07, 6.45) is -3.99. The molecule has 1 radical (unpaired) electrons. The van der Waals surface area contributed by atoms with Crippen molar-refractivity contribution in [2.24, 2.45) is 0 Å². The van der Waals surface area contributed by atoms with Crippen LogP contribution in [0.1, 0.15) is 6.23 Å². The van der Waals surface area contributed by atoms with Gasteiger partial charge in [0.05, 0.1) is 20.8 Å². The zero-order valence-corrected chi connectivity index (χ0v) is 18.7. The van der Waals surface area contributed by atoms with Gasteiger partial charge in [-0.3, -0.25) is 18.0 Å². The molecule has 2 aromatic rings. The molecule has 3 heterocycles. The van der Waals surface area contributed by atoms with Gasteiger partial charge in [-0.15, -0.1) is 0 Å². The summed E-state index contributed by atoms with van der Waals surface area (Å²) in [7, 11) is -18.1. The molecule has 1 aliphatic rings. The average Bonchev–Trinajstić information content (AvgIpc) is 3.13. The fourth-order valence-corrected chi connectivity index (χ4v) is 5.47. The van der Waals surface area contributed by atoms with Gasteiger partial charge < -0.3 is 49.3 Å². The van der Waals surface area contributed by atoms with Crippen LogP contribution in [0, 0.1) is 0 Å². The Bertz CT molecular complexity index is 1110. The van der Waals surface area contributed by atoms with Crippen molar-refractivity contribution in [2.45, 2.75) is 24.5 Å². The summed E-state index contributed by atoms with van der Waals surface area (Å²) in [4.78, 5) is 54.9. The van der Waals surface area contributed by atoms with Crippen molar-refractivity contribution < 1.29 is 78.4 Å². The van der Waals surface area contributed by atoms with Gasteiger partial charge in [0.15, 0.2) is 17.7 Å². The molecule has 0 spiro atoms. The third kappa shape index (κ3) is 6.39. The summed E-state index contributed by atoms with van der Waals surface area (Å²) in [6, 6.07) is 0. The predicted octanol–water partition coefficient (Wildman–Crippen LogP) is -4.16. The molecule has 3 rings (SSSR count). The van der Waals surface area contributed by atoms with Gasteiger partial charge in [0.25, 0.3) is 15.6 Å². The number of phosphoric ester groups is 1. The SMILES string of the molecule is Nc1ncnc2c1ncn2[C@@H]1O[C@H](COP(=O)([O-])OP(=O)([O-])OP(=O)([O-])[O-])[C@@H](O)[C@H]1O.[Cu]. The average molecular weight is 567 g/mol. The molecule has 4 N–H and O–H groups in total. The first-order valence-corrected chi connectivity index (χ1v) is 12.2. The van der Waals surface area contributed by atoms with Crippen LogP contribution in [0.2, 0.25) is 0 Å². The standard InChI is InChI=1S/C10H16N5O13P3.Cu/c11-8-5-9(13-2-12-8)15(3-14-5)10-7(17)6(16)4(26-10)1-25-30(21,22)28-31(23,24)27-29(18,19)20;/h2-4,6-7,10,16-17H,1H2,(H,21,22)(H,23,24)(H2,11,12,13)(H2,18,19,20);/p-4/t4-,6-,7-,10-;/m1./s1. The topological polar surface area (TPSA) is 290 Å². The summed E-state index contributed by atoms with van der Waals surface area (Å²) >= 11 is 0. The van der Waals surface area contributed by atoms with Gasteiger partial charge in [0.1, 0.15) is 30.2 Å². The first kappa shape index (κ1) is 27.4. The fourth-order valence-electron chi connectivity index (χ4n) is 2.60. The van der Waals surface area contributed by atoms with Gasteiger partial charge >= 0.3 is 0 Å². The van der Waals surface area contributed by atoms with E-state index in [4.69, 9.17) is 10.5 Å². The normalized spacial score (nSPS) is 27.6. The summed E-state index contributed by atoms with van der Waals surface area (Å²) in [5.41, 5.74) is 5.92. The molecule has 2 unspecified atom stereocenters. The molecule has 18 nitrogen and oxygen atoms in total. The number of nitrogens with two attached hydrogens (primary N) is 1. The van der Waals surface area contributed by atoms with E-state index in [-0.39, 0.29) is 34.1 Å². The van der Waals surface area contributed by atoms with Crippen LogP contribution in [0.25, 0.3) is 11.2 Å². The Balaban J connectivity index is 0.00000363. The number of nitrogen functional groups attached to an aromatic ring is 1. The first-order valence-electron chi connectivity index (χ1n) is 7.85. The second-order valence-corrected chi connectivity index (χ2v) is 10.2. The number of fused-ring (bicyclic) bond motifs is 1. The third-order valence-corrected chi connectivity index (χ3v) is 7.46. The van der Waals surface area contributed by atoms with Crippen LogP contribution in [0.5, 0.6) is 0 Å². The van der Waals surface area contributed by atoms with Gasteiger partial charge in [-0.25, -0.2) is 19.3 Å². The van der Waals surface area contributed by atoms with Crippen molar-refractivity contribution in [3.63, 3.8) is 0 Å². The Morgan fingerprint density at radius 3 is 2.34 bits per heavy atom. The van der Waals surface area contributed by atoms with Gasteiger partial charge in [0, 0.05) is 17.1 Å². The summed E-state index contributed by atoms with van der Waals surface area (Å²) in [6.45, 7) is -1.08. The Kier molecular flexibility index (Phi) is 8.39. The number of ether oxygens (including phenoxy) is 1. The van der Waals surface area contributed by atoms with E-state index in [1.165, 1.54) is 4.57 Å². The van der Waals surface area contributed by atoms with Gasteiger partial charge in [-0.05, 0) is 0 Å². The van der Waals surface area contributed by atoms with Crippen LogP contribution >= 0.6 is 23.5 Å². The number of aliphatic hydroxyl groups excluding tert-OH is 2. The molecule has 1 saturated heterocycles. The van der Waals surface area contributed by atoms with Crippen molar-refractivity contribution in [3.05, 3.63) is 12.7 Å². The summed E-state index contributed by atoms with van der Waals surface area (Å²) < 4.78 is 50.2. The molecule has 0 bridgehead atoms. The number of imidazole rings is 1. The molecule has 32 heavy (non-hydrogen) atoms. The van der Waals surface area contributed by atoms with Crippen LogP contribution < -0.4 is 25.3 Å². The summed E-state index contributed by atoms with van der Waals surface area (Å²) in [5, 5.41) is 20.3. The van der Waals surface area contributed by atoms with Gasteiger partial charge in [-0.1, -0.05) is 0 Å². The Hall–Kier alpha value is -0.841. The van der Waals surface area contributed by atoms with E-state index < -0.39 is 54.6 Å². The molecule has 0 aromatic carbocycles. The van der Waals surface area contributed by atoms with Crippen molar-refractivity contribution in [1.29, 1.82) is 0 Å². The van der Waals surface area contributed by atoms with Crippen molar-refractivity contribution in [1.82, 2.24) is 19.5 Å². The molecular weight excluding hydrogens is 555 g/mol. The predicted molar refractivity (Wildman–Crippen MR) is 86.6 cm³/mol. The molecule has 1 fully saturated rings. The number of hydrogen-bond donors (Lipinski definition) is 3. The molecule has 22 heteroatoms. The van der Waals surface area contributed by atoms with Crippen molar-refractivity contribution in [3.8, 4) is 0 Å². The second kappa shape index (κ2) is 9.80. The number of aliphatic hydroxyl groups is 2. The van der Waals surface area contributed by atoms with Crippen molar-refractivity contribution >= 4 is 40.4 Å².